The first-order valence-electron chi connectivity index (χ1n) is 10.6. The molecule has 0 saturated carbocycles. The van der Waals surface area contributed by atoms with Crippen molar-refractivity contribution in [3.63, 3.8) is 0 Å². The maximum absolute atomic E-state index is 13.4. The van der Waals surface area contributed by atoms with Crippen molar-refractivity contribution in [3.8, 4) is 0 Å². The monoisotopic (exact) mass is 448 g/mol. The summed E-state index contributed by atoms with van der Waals surface area (Å²) in [7, 11) is -3.81. The maximum atomic E-state index is 13.4. The molecule has 164 valence electrons. The number of rotatable bonds is 5. The Morgan fingerprint density at radius 2 is 1.53 bits per heavy atom. The molecule has 2 aliphatic rings. The molecule has 7 heteroatoms. The molecule has 2 aliphatic heterocycles. The van der Waals surface area contributed by atoms with Crippen LogP contribution in [0.15, 0.2) is 89.8 Å². The molecule has 0 radical (unpaired) electrons. The van der Waals surface area contributed by atoms with Gasteiger partial charge in [0.15, 0.2) is 0 Å². The van der Waals surface area contributed by atoms with Crippen LogP contribution in [0.3, 0.4) is 0 Å². The number of para-hydroxylation sites is 1. The van der Waals surface area contributed by atoms with Gasteiger partial charge in [0.1, 0.15) is 0 Å². The minimum atomic E-state index is -3.81. The SMILES string of the molecule is O=C(Cc1ccccc1)N1C[C@@H]2[C@H](c3ccccc31)[C@@H](CO)N2S(=O)(=O)c1ccccc1. The highest BCUT2D eigenvalue weighted by molar-refractivity contribution is 7.89. The summed E-state index contributed by atoms with van der Waals surface area (Å²) in [5.41, 5.74) is 2.61. The van der Waals surface area contributed by atoms with Crippen molar-refractivity contribution in [2.24, 2.45) is 0 Å². The Labute approximate surface area is 187 Å². The fraction of sp³-hybridized carbons (Fsp3) is 0.240. The van der Waals surface area contributed by atoms with E-state index in [1.807, 2.05) is 54.6 Å². The third kappa shape index (κ3) is 3.33. The third-order valence-electron chi connectivity index (χ3n) is 6.44. The third-order valence-corrected chi connectivity index (χ3v) is 8.41. The van der Waals surface area contributed by atoms with Crippen LogP contribution in [-0.4, -0.2) is 49.0 Å². The van der Waals surface area contributed by atoms with Crippen LogP contribution in [0.1, 0.15) is 17.0 Å². The van der Waals surface area contributed by atoms with Crippen molar-refractivity contribution in [1.82, 2.24) is 4.31 Å². The molecule has 3 aromatic carbocycles. The zero-order valence-electron chi connectivity index (χ0n) is 17.4. The predicted molar refractivity (Wildman–Crippen MR) is 122 cm³/mol. The molecule has 0 spiro atoms. The van der Waals surface area contributed by atoms with E-state index in [9.17, 15) is 18.3 Å². The number of amides is 1. The molecule has 0 unspecified atom stereocenters. The Balaban J connectivity index is 1.52. The molecule has 0 aliphatic carbocycles. The van der Waals surface area contributed by atoms with Crippen LogP contribution in [0.5, 0.6) is 0 Å². The molecular weight excluding hydrogens is 424 g/mol. The van der Waals surface area contributed by atoms with Crippen LogP contribution in [0.2, 0.25) is 0 Å². The lowest BCUT2D eigenvalue weighted by molar-refractivity contribution is -0.118. The van der Waals surface area contributed by atoms with Gasteiger partial charge in [-0.05, 0) is 29.3 Å². The van der Waals surface area contributed by atoms with Crippen molar-refractivity contribution >= 4 is 21.6 Å². The summed E-state index contributed by atoms with van der Waals surface area (Å²) in [6.45, 7) is -0.0184. The summed E-state index contributed by atoms with van der Waals surface area (Å²) in [5, 5.41) is 10.1. The molecule has 0 aromatic heterocycles. The summed E-state index contributed by atoms with van der Waals surface area (Å²) in [6, 6.07) is 24.4. The number of carbonyl (C=O) groups excluding carboxylic acids is 1. The molecule has 3 atom stereocenters. The van der Waals surface area contributed by atoms with Gasteiger partial charge in [-0.25, -0.2) is 8.42 Å². The number of carbonyl (C=O) groups is 1. The standard InChI is InChI=1S/C25H24N2O4S/c28-17-23-25-20-13-7-8-14-21(20)26(24(29)15-18-9-3-1-4-10-18)16-22(25)27(23)32(30,31)19-11-5-2-6-12-19/h1-14,22-23,25,28H,15-17H2/t22-,23-,25+/m1/s1. The fourth-order valence-corrected chi connectivity index (χ4v) is 6.85. The lowest BCUT2D eigenvalue weighted by Gasteiger charge is -2.57. The van der Waals surface area contributed by atoms with Gasteiger partial charge in [0.25, 0.3) is 0 Å². The summed E-state index contributed by atoms with van der Waals surface area (Å²) >= 11 is 0. The van der Waals surface area contributed by atoms with Gasteiger partial charge in [0, 0.05) is 18.2 Å². The molecular formula is C25H24N2O4S. The number of aliphatic hydroxyl groups excluding tert-OH is 1. The molecule has 5 rings (SSSR count). The van der Waals surface area contributed by atoms with Gasteiger partial charge in [-0.15, -0.1) is 0 Å². The average Bonchev–Trinajstić information content (AvgIpc) is 2.80. The second kappa shape index (κ2) is 8.16. The number of benzene rings is 3. The molecule has 3 aromatic rings. The molecule has 1 saturated heterocycles. The molecule has 1 N–H and O–H groups in total. The van der Waals surface area contributed by atoms with Crippen LogP contribution in [0.4, 0.5) is 5.69 Å². The van der Waals surface area contributed by atoms with Crippen molar-refractivity contribution in [3.05, 3.63) is 96.1 Å². The lowest BCUT2D eigenvalue weighted by Crippen LogP contribution is -2.70. The Hall–Kier alpha value is -3.00. The van der Waals surface area contributed by atoms with E-state index in [4.69, 9.17) is 0 Å². The Morgan fingerprint density at radius 1 is 0.906 bits per heavy atom. The molecule has 1 fully saturated rings. The van der Waals surface area contributed by atoms with Gasteiger partial charge in [-0.3, -0.25) is 4.79 Å². The topological polar surface area (TPSA) is 77.9 Å². The van der Waals surface area contributed by atoms with Gasteiger partial charge in [0.05, 0.1) is 30.0 Å². The van der Waals surface area contributed by atoms with E-state index in [-0.39, 0.29) is 36.3 Å². The zero-order chi connectivity index (χ0) is 22.3. The minimum Gasteiger partial charge on any atom is -0.395 e. The highest BCUT2D eigenvalue weighted by Crippen LogP contribution is 2.50. The lowest BCUT2D eigenvalue weighted by atomic mass is 9.74. The van der Waals surface area contributed by atoms with Crippen molar-refractivity contribution in [1.29, 1.82) is 0 Å². The van der Waals surface area contributed by atoms with E-state index in [1.54, 1.807) is 35.2 Å². The minimum absolute atomic E-state index is 0.0772. The number of sulfonamides is 1. The molecule has 1 amide bonds. The van der Waals surface area contributed by atoms with Crippen LogP contribution >= 0.6 is 0 Å². The average molecular weight is 449 g/mol. The number of fused-ring (bicyclic) bond motifs is 3. The largest absolute Gasteiger partial charge is 0.395 e. The molecule has 2 heterocycles. The summed E-state index contributed by atoms with van der Waals surface area (Å²) in [4.78, 5) is 15.2. The van der Waals surface area contributed by atoms with E-state index >= 15 is 0 Å². The molecule has 0 bridgehead atoms. The van der Waals surface area contributed by atoms with E-state index in [0.717, 1.165) is 16.8 Å². The normalized spacial score (nSPS) is 22.5. The number of anilines is 1. The summed E-state index contributed by atoms with van der Waals surface area (Å²) in [6.07, 6.45) is 0.238. The quantitative estimate of drug-likeness (QED) is 0.651. The summed E-state index contributed by atoms with van der Waals surface area (Å²) < 4.78 is 28.3. The molecule has 6 nitrogen and oxygen atoms in total. The molecule has 32 heavy (non-hydrogen) atoms. The van der Waals surface area contributed by atoms with Gasteiger partial charge in [-0.2, -0.15) is 4.31 Å². The Kier molecular flexibility index (Phi) is 5.33. The van der Waals surface area contributed by atoms with Crippen molar-refractivity contribution < 1.29 is 18.3 Å². The van der Waals surface area contributed by atoms with E-state index in [2.05, 4.69) is 0 Å². The first-order chi connectivity index (χ1) is 15.5. The number of hydrogen-bond donors (Lipinski definition) is 1. The fourth-order valence-electron chi connectivity index (χ4n) is 4.99. The Morgan fingerprint density at radius 3 is 2.22 bits per heavy atom. The van der Waals surface area contributed by atoms with Crippen molar-refractivity contribution in [2.45, 2.75) is 29.3 Å². The van der Waals surface area contributed by atoms with Crippen LogP contribution in [0.25, 0.3) is 0 Å². The van der Waals surface area contributed by atoms with Crippen LogP contribution < -0.4 is 4.90 Å². The van der Waals surface area contributed by atoms with Gasteiger partial charge < -0.3 is 10.0 Å². The van der Waals surface area contributed by atoms with Gasteiger partial charge in [0.2, 0.25) is 15.9 Å². The highest BCUT2D eigenvalue weighted by atomic mass is 32.2. The number of nitrogens with zero attached hydrogens (tertiary/aromatic N) is 2. The van der Waals surface area contributed by atoms with E-state index in [0.29, 0.717) is 0 Å². The number of aliphatic hydroxyl groups is 1. The van der Waals surface area contributed by atoms with E-state index < -0.39 is 22.1 Å². The van der Waals surface area contributed by atoms with Crippen LogP contribution in [0, 0.1) is 0 Å². The Bertz CT molecular complexity index is 1230. The van der Waals surface area contributed by atoms with Crippen molar-refractivity contribution in [2.75, 3.05) is 18.1 Å². The second-order valence-corrected chi connectivity index (χ2v) is 10.1. The zero-order valence-corrected chi connectivity index (χ0v) is 18.2. The van der Waals surface area contributed by atoms with Gasteiger partial charge in [-0.1, -0.05) is 66.7 Å². The first-order valence-corrected chi connectivity index (χ1v) is 12.1. The number of hydrogen-bond acceptors (Lipinski definition) is 4. The maximum Gasteiger partial charge on any atom is 0.243 e. The highest BCUT2D eigenvalue weighted by Gasteiger charge is 2.58. The van der Waals surface area contributed by atoms with E-state index in [1.165, 1.54) is 4.31 Å². The van der Waals surface area contributed by atoms with Gasteiger partial charge >= 0.3 is 0 Å². The summed E-state index contributed by atoms with van der Waals surface area (Å²) in [5.74, 6) is -0.234. The van der Waals surface area contributed by atoms with Crippen LogP contribution in [-0.2, 0) is 21.2 Å². The smallest absolute Gasteiger partial charge is 0.243 e. The second-order valence-electron chi connectivity index (χ2n) is 8.22. The first kappa shape index (κ1) is 20.9. The predicted octanol–water partition coefficient (Wildman–Crippen LogP) is 2.79.